The number of ether oxygens (including phenoxy) is 2. The van der Waals surface area contributed by atoms with Gasteiger partial charge in [0, 0.05) is 19.4 Å². The van der Waals surface area contributed by atoms with Gasteiger partial charge in [0.25, 0.3) is 0 Å². The van der Waals surface area contributed by atoms with Gasteiger partial charge in [-0.1, -0.05) is 165 Å². The van der Waals surface area contributed by atoms with Crippen molar-refractivity contribution in [3.63, 3.8) is 0 Å². The lowest BCUT2D eigenvalue weighted by atomic mass is 10.0. The number of hydrogen-bond donors (Lipinski definition) is 2. The van der Waals surface area contributed by atoms with E-state index in [4.69, 9.17) is 14.6 Å². The van der Waals surface area contributed by atoms with Crippen molar-refractivity contribution in [2.24, 2.45) is 0 Å². The standard InChI is InChI=1S/C43H76O6/c1-2-3-4-5-6-7-8-9-10-12-15-18-21-24-27-30-33-36-42(46)48-39-41(45)40-49-43(47)37-34-31-28-25-22-19-16-13-11-14-17-20-23-26-29-32-35-38-44/h11,14,16,19-20,23,25,28,41,44-45H,2-10,12-13,15,17-18,21-22,24,26-27,29-40H2,1H3/b14-11-,19-16-,23-20-,28-25-/t41-/m0/s1. The molecule has 0 spiro atoms. The Morgan fingerprint density at radius 1 is 0.469 bits per heavy atom. The molecule has 0 saturated carbocycles. The Morgan fingerprint density at radius 3 is 1.24 bits per heavy atom. The quantitative estimate of drug-likeness (QED) is 0.0383. The van der Waals surface area contributed by atoms with Crippen LogP contribution < -0.4 is 0 Å². The van der Waals surface area contributed by atoms with Crippen molar-refractivity contribution in [3.8, 4) is 0 Å². The highest BCUT2D eigenvalue weighted by Crippen LogP contribution is 2.14. The van der Waals surface area contributed by atoms with E-state index in [1.807, 2.05) is 0 Å². The minimum Gasteiger partial charge on any atom is -0.463 e. The summed E-state index contributed by atoms with van der Waals surface area (Å²) in [4.78, 5) is 23.9. The minimum absolute atomic E-state index is 0.138. The van der Waals surface area contributed by atoms with Crippen LogP contribution in [0.1, 0.15) is 187 Å². The number of carbonyl (C=O) groups is 2. The van der Waals surface area contributed by atoms with Crippen LogP contribution in [0.2, 0.25) is 0 Å². The number of aliphatic hydroxyl groups is 2. The molecule has 0 heterocycles. The lowest BCUT2D eigenvalue weighted by Gasteiger charge is -2.12. The molecule has 0 saturated heterocycles. The van der Waals surface area contributed by atoms with Crippen LogP contribution in [-0.2, 0) is 19.1 Å². The predicted molar refractivity (Wildman–Crippen MR) is 207 cm³/mol. The second-order valence-electron chi connectivity index (χ2n) is 13.5. The first-order valence-electron chi connectivity index (χ1n) is 20.3. The number of rotatable bonds is 37. The van der Waals surface area contributed by atoms with Crippen molar-refractivity contribution in [1.82, 2.24) is 0 Å². The van der Waals surface area contributed by atoms with Crippen molar-refractivity contribution in [3.05, 3.63) is 48.6 Å². The van der Waals surface area contributed by atoms with E-state index >= 15 is 0 Å². The Bertz CT molecular complexity index is 830. The van der Waals surface area contributed by atoms with Crippen LogP contribution in [-0.4, -0.2) is 48.1 Å². The van der Waals surface area contributed by atoms with Crippen LogP contribution in [0.25, 0.3) is 0 Å². The molecule has 0 amide bonds. The number of aliphatic hydroxyl groups excluding tert-OH is 2. The van der Waals surface area contributed by atoms with Gasteiger partial charge in [-0.15, -0.1) is 0 Å². The van der Waals surface area contributed by atoms with Crippen LogP contribution in [0.4, 0.5) is 0 Å². The molecule has 0 rings (SSSR count). The van der Waals surface area contributed by atoms with Crippen LogP contribution >= 0.6 is 0 Å². The summed E-state index contributed by atoms with van der Waals surface area (Å²) >= 11 is 0. The molecule has 49 heavy (non-hydrogen) atoms. The van der Waals surface area contributed by atoms with Gasteiger partial charge in [0.15, 0.2) is 0 Å². The fourth-order valence-corrected chi connectivity index (χ4v) is 5.53. The topological polar surface area (TPSA) is 93.1 Å². The molecule has 0 radical (unpaired) electrons. The lowest BCUT2D eigenvalue weighted by Crippen LogP contribution is -2.25. The van der Waals surface area contributed by atoms with Crippen LogP contribution in [0.5, 0.6) is 0 Å². The number of unbranched alkanes of at least 4 members (excludes halogenated alkanes) is 20. The monoisotopic (exact) mass is 689 g/mol. The molecule has 0 aromatic heterocycles. The summed E-state index contributed by atoms with van der Waals surface area (Å²) in [6, 6.07) is 0. The summed E-state index contributed by atoms with van der Waals surface area (Å²) in [7, 11) is 0. The number of carbonyl (C=O) groups excluding carboxylic acids is 2. The molecule has 284 valence electrons. The summed E-state index contributed by atoms with van der Waals surface area (Å²) in [5.74, 6) is -0.639. The van der Waals surface area contributed by atoms with Gasteiger partial charge in [0.05, 0.1) is 0 Å². The maximum Gasteiger partial charge on any atom is 0.305 e. The molecule has 0 unspecified atom stereocenters. The Labute approximate surface area is 301 Å². The van der Waals surface area contributed by atoms with E-state index in [-0.39, 0.29) is 25.2 Å². The second-order valence-corrected chi connectivity index (χ2v) is 13.5. The minimum atomic E-state index is -0.991. The first-order chi connectivity index (χ1) is 24.1. The molecule has 6 heteroatoms. The molecule has 0 aromatic rings. The summed E-state index contributed by atoms with van der Waals surface area (Å²) < 4.78 is 10.3. The number of allylic oxidation sites excluding steroid dienone is 8. The molecule has 0 aromatic carbocycles. The summed E-state index contributed by atoms with van der Waals surface area (Å²) in [6.45, 7) is 2.28. The van der Waals surface area contributed by atoms with Gasteiger partial charge in [-0.2, -0.15) is 0 Å². The third kappa shape index (κ3) is 40.1. The van der Waals surface area contributed by atoms with Gasteiger partial charge in [-0.25, -0.2) is 0 Å². The fraction of sp³-hybridized carbons (Fsp3) is 0.767. The maximum absolute atomic E-state index is 12.0. The van der Waals surface area contributed by atoms with Gasteiger partial charge >= 0.3 is 11.9 Å². The zero-order chi connectivity index (χ0) is 35.7. The SMILES string of the molecule is CCCCCCCCCCCCCCCCCCCC(=O)OC[C@H](O)COC(=O)CCC/C=C\C/C=C\C/C=C\C/C=C\CCCCCO. The Kier molecular flexibility index (Phi) is 38.5. The van der Waals surface area contributed by atoms with Crippen LogP contribution in [0.15, 0.2) is 48.6 Å². The maximum atomic E-state index is 12.0. The Morgan fingerprint density at radius 2 is 0.816 bits per heavy atom. The van der Waals surface area contributed by atoms with E-state index in [1.165, 1.54) is 89.9 Å². The summed E-state index contributed by atoms with van der Waals surface area (Å²) in [5, 5.41) is 18.8. The van der Waals surface area contributed by atoms with E-state index in [0.717, 1.165) is 70.6 Å². The Balaban J connectivity index is 3.51. The average molecular weight is 689 g/mol. The lowest BCUT2D eigenvalue weighted by molar-refractivity contribution is -0.152. The molecular weight excluding hydrogens is 612 g/mol. The molecule has 2 N–H and O–H groups in total. The van der Waals surface area contributed by atoms with Crippen LogP contribution in [0, 0.1) is 0 Å². The van der Waals surface area contributed by atoms with E-state index in [0.29, 0.717) is 25.9 Å². The molecule has 6 nitrogen and oxygen atoms in total. The van der Waals surface area contributed by atoms with E-state index in [9.17, 15) is 14.7 Å². The van der Waals surface area contributed by atoms with Crippen molar-refractivity contribution < 1.29 is 29.3 Å². The highest BCUT2D eigenvalue weighted by molar-refractivity contribution is 5.69. The normalized spacial score (nSPS) is 12.6. The largest absolute Gasteiger partial charge is 0.463 e. The first kappa shape index (κ1) is 46.8. The molecule has 0 aliphatic heterocycles. The molecule has 0 fully saturated rings. The Hall–Kier alpha value is -2.18. The van der Waals surface area contributed by atoms with Crippen LogP contribution in [0.3, 0.4) is 0 Å². The number of esters is 2. The van der Waals surface area contributed by atoms with Crippen molar-refractivity contribution in [2.45, 2.75) is 193 Å². The second kappa shape index (κ2) is 40.3. The highest BCUT2D eigenvalue weighted by atomic mass is 16.6. The summed E-state index contributed by atoms with van der Waals surface area (Å²) in [6.07, 6.45) is 47.5. The zero-order valence-electron chi connectivity index (χ0n) is 31.6. The predicted octanol–water partition coefficient (Wildman–Crippen LogP) is 11.6. The van der Waals surface area contributed by atoms with E-state index < -0.39 is 6.10 Å². The fourth-order valence-electron chi connectivity index (χ4n) is 5.53. The third-order valence-electron chi connectivity index (χ3n) is 8.62. The van der Waals surface area contributed by atoms with Crippen molar-refractivity contribution >= 4 is 11.9 Å². The highest BCUT2D eigenvalue weighted by Gasteiger charge is 2.12. The van der Waals surface area contributed by atoms with Crippen molar-refractivity contribution in [1.29, 1.82) is 0 Å². The smallest absolute Gasteiger partial charge is 0.305 e. The van der Waals surface area contributed by atoms with E-state index in [2.05, 4.69) is 55.5 Å². The molecule has 0 aliphatic rings. The molecule has 0 aliphatic carbocycles. The first-order valence-corrected chi connectivity index (χ1v) is 20.3. The van der Waals surface area contributed by atoms with E-state index in [1.54, 1.807) is 0 Å². The van der Waals surface area contributed by atoms with Gasteiger partial charge in [-0.05, 0) is 57.8 Å². The van der Waals surface area contributed by atoms with Gasteiger partial charge < -0.3 is 19.7 Å². The van der Waals surface area contributed by atoms with Gasteiger partial charge in [0.1, 0.15) is 19.3 Å². The zero-order valence-corrected chi connectivity index (χ0v) is 31.6. The van der Waals surface area contributed by atoms with Gasteiger partial charge in [-0.3, -0.25) is 9.59 Å². The van der Waals surface area contributed by atoms with Crippen molar-refractivity contribution in [2.75, 3.05) is 19.8 Å². The number of hydrogen-bond acceptors (Lipinski definition) is 6. The molecule has 0 bridgehead atoms. The third-order valence-corrected chi connectivity index (χ3v) is 8.62. The molecule has 1 atom stereocenters. The average Bonchev–Trinajstić information content (AvgIpc) is 3.10. The summed E-state index contributed by atoms with van der Waals surface area (Å²) in [5.41, 5.74) is 0. The molecular formula is C43H76O6. The van der Waals surface area contributed by atoms with Gasteiger partial charge in [0.2, 0.25) is 0 Å².